The van der Waals surface area contributed by atoms with Crippen molar-refractivity contribution in [3.05, 3.63) is 40.0 Å². The topological polar surface area (TPSA) is 55.1 Å². The lowest BCUT2D eigenvalue weighted by atomic mass is 10.1. The van der Waals surface area contributed by atoms with Crippen molar-refractivity contribution in [3.63, 3.8) is 0 Å². The lowest BCUT2D eigenvalue weighted by Gasteiger charge is -2.03. The summed E-state index contributed by atoms with van der Waals surface area (Å²) in [7, 11) is 1.60. The van der Waals surface area contributed by atoms with Crippen molar-refractivity contribution in [1.82, 2.24) is 9.78 Å². The van der Waals surface area contributed by atoms with Crippen LogP contribution in [0.25, 0.3) is 11.3 Å². The van der Waals surface area contributed by atoms with E-state index in [-0.39, 0.29) is 6.42 Å². The highest BCUT2D eigenvalue weighted by Gasteiger charge is 2.18. The molecule has 0 aliphatic carbocycles. The van der Waals surface area contributed by atoms with E-state index < -0.39 is 17.6 Å². The first kappa shape index (κ1) is 13.7. The maximum absolute atomic E-state index is 13.2. The molecule has 4 nitrogen and oxygen atoms in total. The first-order chi connectivity index (χ1) is 8.90. The SMILES string of the molecule is Cn1nc(CC(=O)O)c(Br)c1-c1ccc(F)c(F)c1. The molecule has 1 heterocycles. The third-order valence-electron chi connectivity index (χ3n) is 2.57. The first-order valence-electron chi connectivity index (χ1n) is 5.28. The second-order valence-electron chi connectivity index (χ2n) is 3.93. The number of carbonyl (C=O) groups is 1. The smallest absolute Gasteiger partial charge is 0.309 e. The fourth-order valence-corrected chi connectivity index (χ4v) is 2.47. The van der Waals surface area contributed by atoms with Gasteiger partial charge in [0.1, 0.15) is 0 Å². The number of hydrogen-bond donors (Lipinski definition) is 1. The molecule has 2 aromatic rings. The lowest BCUT2D eigenvalue weighted by Crippen LogP contribution is -2.02. The quantitative estimate of drug-likeness (QED) is 0.941. The highest BCUT2D eigenvalue weighted by atomic mass is 79.9. The maximum atomic E-state index is 13.2. The standard InChI is InChI=1S/C12H9BrF2N2O2/c1-17-12(6-2-3-7(14)8(15)4-6)11(13)9(16-17)5-10(18)19/h2-4H,5H2,1H3,(H,18,19). The normalized spacial score (nSPS) is 10.7. The van der Waals surface area contributed by atoms with Crippen molar-refractivity contribution in [2.45, 2.75) is 6.42 Å². The summed E-state index contributed by atoms with van der Waals surface area (Å²) in [5.74, 6) is -2.92. The average Bonchev–Trinajstić information content (AvgIpc) is 2.58. The summed E-state index contributed by atoms with van der Waals surface area (Å²) in [6, 6.07) is 3.47. The van der Waals surface area contributed by atoms with Gasteiger partial charge in [0.25, 0.3) is 0 Å². The molecule has 0 atom stereocenters. The monoisotopic (exact) mass is 330 g/mol. The van der Waals surface area contributed by atoms with E-state index >= 15 is 0 Å². The summed E-state index contributed by atoms with van der Waals surface area (Å²) >= 11 is 3.25. The van der Waals surface area contributed by atoms with Crippen LogP contribution in [0.15, 0.2) is 22.7 Å². The second kappa shape index (κ2) is 5.08. The minimum atomic E-state index is -1.02. The molecule has 0 saturated heterocycles. The van der Waals surface area contributed by atoms with Crippen LogP contribution in [-0.4, -0.2) is 20.9 Å². The van der Waals surface area contributed by atoms with Crippen LogP contribution in [0.3, 0.4) is 0 Å². The number of halogens is 3. The van der Waals surface area contributed by atoms with E-state index in [9.17, 15) is 13.6 Å². The minimum Gasteiger partial charge on any atom is -0.481 e. The Hall–Kier alpha value is -1.76. The summed E-state index contributed by atoms with van der Waals surface area (Å²) in [5.41, 5.74) is 1.24. The summed E-state index contributed by atoms with van der Waals surface area (Å²) in [6.45, 7) is 0. The highest BCUT2D eigenvalue weighted by molar-refractivity contribution is 9.10. The van der Waals surface area contributed by atoms with Crippen LogP contribution < -0.4 is 0 Å². The predicted octanol–water partition coefficient (Wildman–Crippen LogP) is 2.75. The van der Waals surface area contributed by atoms with E-state index in [0.717, 1.165) is 12.1 Å². The average molecular weight is 331 g/mol. The van der Waals surface area contributed by atoms with Crippen molar-refractivity contribution < 1.29 is 18.7 Å². The van der Waals surface area contributed by atoms with Gasteiger partial charge in [0, 0.05) is 12.6 Å². The Morgan fingerprint density at radius 2 is 2.11 bits per heavy atom. The maximum Gasteiger partial charge on any atom is 0.309 e. The molecule has 100 valence electrons. The molecule has 0 fully saturated rings. The Labute approximate surface area is 115 Å². The third kappa shape index (κ3) is 2.65. The highest BCUT2D eigenvalue weighted by Crippen LogP contribution is 2.31. The second-order valence-corrected chi connectivity index (χ2v) is 4.73. The molecule has 19 heavy (non-hydrogen) atoms. The van der Waals surface area contributed by atoms with Gasteiger partial charge in [0.2, 0.25) is 0 Å². The van der Waals surface area contributed by atoms with Gasteiger partial charge in [0.05, 0.1) is 22.3 Å². The fourth-order valence-electron chi connectivity index (χ4n) is 1.77. The van der Waals surface area contributed by atoms with Crippen molar-refractivity contribution in [2.75, 3.05) is 0 Å². The first-order valence-corrected chi connectivity index (χ1v) is 6.08. The van der Waals surface area contributed by atoms with E-state index in [0.29, 0.717) is 21.4 Å². The van der Waals surface area contributed by atoms with Gasteiger partial charge in [0.15, 0.2) is 11.6 Å². The zero-order valence-electron chi connectivity index (χ0n) is 9.82. The van der Waals surface area contributed by atoms with Crippen molar-refractivity contribution in [2.24, 2.45) is 7.05 Å². The Balaban J connectivity index is 2.52. The molecule has 0 aliphatic rings. The molecule has 0 spiro atoms. The molecular weight excluding hydrogens is 322 g/mol. The summed E-state index contributed by atoms with van der Waals surface area (Å²) in [6.07, 6.45) is -0.252. The Kier molecular flexibility index (Phi) is 3.66. The van der Waals surface area contributed by atoms with Gasteiger partial charge in [-0.3, -0.25) is 9.48 Å². The summed E-state index contributed by atoms with van der Waals surface area (Å²) in [5, 5.41) is 12.8. The van der Waals surface area contributed by atoms with Crippen LogP contribution >= 0.6 is 15.9 Å². The largest absolute Gasteiger partial charge is 0.481 e. The van der Waals surface area contributed by atoms with E-state index in [4.69, 9.17) is 5.11 Å². The Bertz CT molecular complexity index is 655. The Morgan fingerprint density at radius 3 is 2.68 bits per heavy atom. The Morgan fingerprint density at radius 1 is 1.42 bits per heavy atom. The van der Waals surface area contributed by atoms with Gasteiger partial charge in [-0.05, 0) is 34.1 Å². The van der Waals surface area contributed by atoms with Crippen molar-refractivity contribution in [3.8, 4) is 11.3 Å². The van der Waals surface area contributed by atoms with Gasteiger partial charge in [-0.1, -0.05) is 0 Å². The van der Waals surface area contributed by atoms with Crippen LogP contribution in [0.5, 0.6) is 0 Å². The molecular formula is C12H9BrF2N2O2. The number of carboxylic acid groups (broad SMARTS) is 1. The molecule has 0 bridgehead atoms. The number of benzene rings is 1. The molecule has 1 aromatic heterocycles. The number of aromatic nitrogens is 2. The fraction of sp³-hybridized carbons (Fsp3) is 0.167. The molecule has 0 amide bonds. The van der Waals surface area contributed by atoms with Gasteiger partial charge >= 0.3 is 5.97 Å². The third-order valence-corrected chi connectivity index (χ3v) is 3.40. The summed E-state index contributed by atoms with van der Waals surface area (Å²) < 4.78 is 28.0. The van der Waals surface area contributed by atoms with Gasteiger partial charge < -0.3 is 5.11 Å². The van der Waals surface area contributed by atoms with Crippen molar-refractivity contribution >= 4 is 21.9 Å². The number of nitrogens with zero attached hydrogens (tertiary/aromatic N) is 2. The molecule has 0 saturated carbocycles. The van der Waals surface area contributed by atoms with Crippen LogP contribution in [0.1, 0.15) is 5.69 Å². The van der Waals surface area contributed by atoms with E-state index in [1.54, 1.807) is 7.05 Å². The van der Waals surface area contributed by atoms with Gasteiger partial charge in [-0.15, -0.1) is 0 Å². The lowest BCUT2D eigenvalue weighted by molar-refractivity contribution is -0.136. The van der Waals surface area contributed by atoms with Crippen LogP contribution in [0.4, 0.5) is 8.78 Å². The molecule has 1 aromatic carbocycles. The molecule has 0 radical (unpaired) electrons. The predicted molar refractivity (Wildman–Crippen MR) is 67.6 cm³/mol. The zero-order valence-corrected chi connectivity index (χ0v) is 11.4. The number of carboxylic acids is 1. The molecule has 2 rings (SSSR count). The zero-order chi connectivity index (χ0) is 14.2. The number of rotatable bonds is 3. The van der Waals surface area contributed by atoms with Gasteiger partial charge in [-0.25, -0.2) is 8.78 Å². The van der Waals surface area contributed by atoms with E-state index in [1.807, 2.05) is 0 Å². The van der Waals surface area contributed by atoms with Crippen LogP contribution in [0.2, 0.25) is 0 Å². The molecule has 7 heteroatoms. The molecule has 0 unspecified atom stereocenters. The van der Waals surface area contributed by atoms with Crippen molar-refractivity contribution in [1.29, 1.82) is 0 Å². The number of aliphatic carboxylic acids is 1. The molecule has 0 aliphatic heterocycles. The van der Waals surface area contributed by atoms with E-state index in [1.165, 1.54) is 10.7 Å². The van der Waals surface area contributed by atoms with Gasteiger partial charge in [-0.2, -0.15) is 5.10 Å². The number of aryl methyl sites for hydroxylation is 1. The molecule has 1 N–H and O–H groups in total. The minimum absolute atomic E-state index is 0.252. The van der Waals surface area contributed by atoms with Crippen LogP contribution in [-0.2, 0) is 18.3 Å². The van der Waals surface area contributed by atoms with E-state index in [2.05, 4.69) is 21.0 Å². The number of hydrogen-bond acceptors (Lipinski definition) is 2. The summed E-state index contributed by atoms with van der Waals surface area (Å²) in [4.78, 5) is 10.7. The van der Waals surface area contributed by atoms with Crippen LogP contribution in [0, 0.1) is 11.6 Å².